The first-order chi connectivity index (χ1) is 7.17. The zero-order chi connectivity index (χ0) is 12.9. The molecule has 0 aliphatic rings. The number of carboxylic acid groups (broad SMARTS) is 1. The van der Waals surface area contributed by atoms with E-state index in [0.29, 0.717) is 5.75 Å². The quantitative estimate of drug-likeness (QED) is 0.526. The Bertz CT molecular complexity index is 263. The normalized spacial score (nSPS) is 15.3. The summed E-state index contributed by atoms with van der Waals surface area (Å²) in [5.41, 5.74) is -0.225. The first-order valence-corrected chi connectivity index (χ1v) is 5.72. The summed E-state index contributed by atoms with van der Waals surface area (Å²) in [5.74, 6) is -1.09. The third-order valence-electron chi connectivity index (χ3n) is 1.84. The largest absolute Gasteiger partial charge is 0.480 e. The topological polar surface area (TPSA) is 78.4 Å². The number of hydrogen-bond acceptors (Lipinski definition) is 4. The molecule has 0 aromatic rings. The Morgan fingerprint density at radius 3 is 2.19 bits per heavy atom. The highest BCUT2D eigenvalue weighted by molar-refractivity contribution is 7.80. The highest BCUT2D eigenvalue weighted by atomic mass is 32.1. The van der Waals surface area contributed by atoms with Gasteiger partial charge >= 0.3 is 5.97 Å². The molecule has 5 nitrogen and oxygen atoms in total. The van der Waals surface area contributed by atoms with Crippen molar-refractivity contribution >= 4 is 24.5 Å². The van der Waals surface area contributed by atoms with Crippen LogP contribution in [0.3, 0.4) is 0 Å². The summed E-state index contributed by atoms with van der Waals surface area (Å²) < 4.78 is 0. The summed E-state index contributed by atoms with van der Waals surface area (Å²) >= 11 is 4.07. The lowest BCUT2D eigenvalue weighted by atomic mass is 10.1. The molecule has 0 unspecified atom stereocenters. The smallest absolute Gasteiger partial charge is 0.325 e. The standard InChI is InChI=1S/C10H20N2O3S/c1-6(9(14)15)11-8(13)7(5-16)12-10(2,3)4/h6-7,12,16H,5H2,1-4H3,(H,11,13)(H,14,15)/t6-,7-/m0/s1. The van der Waals surface area contributed by atoms with E-state index in [-0.39, 0.29) is 11.4 Å². The fourth-order valence-corrected chi connectivity index (χ4v) is 1.35. The Kier molecular flexibility index (Phi) is 5.81. The monoisotopic (exact) mass is 248 g/mol. The van der Waals surface area contributed by atoms with Gasteiger partial charge < -0.3 is 15.7 Å². The van der Waals surface area contributed by atoms with Crippen molar-refractivity contribution in [3.8, 4) is 0 Å². The lowest BCUT2D eigenvalue weighted by Crippen LogP contribution is -2.55. The summed E-state index contributed by atoms with van der Waals surface area (Å²) in [7, 11) is 0. The van der Waals surface area contributed by atoms with Gasteiger partial charge in [-0.25, -0.2) is 0 Å². The van der Waals surface area contributed by atoms with E-state index in [1.165, 1.54) is 6.92 Å². The molecule has 16 heavy (non-hydrogen) atoms. The minimum absolute atomic E-state index is 0.225. The predicted molar refractivity (Wildman–Crippen MR) is 65.8 cm³/mol. The molecule has 6 heteroatoms. The number of hydrogen-bond donors (Lipinski definition) is 4. The molecule has 0 bridgehead atoms. The maximum absolute atomic E-state index is 11.7. The van der Waals surface area contributed by atoms with Crippen LogP contribution in [0.15, 0.2) is 0 Å². The van der Waals surface area contributed by atoms with Gasteiger partial charge in [-0.05, 0) is 27.7 Å². The van der Waals surface area contributed by atoms with Crippen molar-refractivity contribution in [2.75, 3.05) is 5.75 Å². The fraction of sp³-hybridized carbons (Fsp3) is 0.800. The summed E-state index contributed by atoms with van der Waals surface area (Å²) in [6.07, 6.45) is 0. The third kappa shape index (κ3) is 5.97. The van der Waals surface area contributed by atoms with Gasteiger partial charge in [0.25, 0.3) is 0 Å². The SMILES string of the molecule is C[C@H](NC(=O)[C@H](CS)NC(C)(C)C)C(=O)O. The highest BCUT2D eigenvalue weighted by Crippen LogP contribution is 2.03. The molecule has 2 atom stereocenters. The lowest BCUT2D eigenvalue weighted by Gasteiger charge is -2.27. The van der Waals surface area contributed by atoms with Crippen LogP contribution >= 0.6 is 12.6 Å². The molecule has 94 valence electrons. The van der Waals surface area contributed by atoms with Gasteiger partial charge in [0.1, 0.15) is 6.04 Å². The van der Waals surface area contributed by atoms with Crippen LogP contribution in [-0.2, 0) is 9.59 Å². The lowest BCUT2D eigenvalue weighted by molar-refractivity contribution is -0.141. The molecule has 3 N–H and O–H groups in total. The van der Waals surface area contributed by atoms with Crippen LogP contribution in [0.4, 0.5) is 0 Å². The molecule has 0 radical (unpaired) electrons. The third-order valence-corrected chi connectivity index (χ3v) is 2.20. The molecule has 0 saturated heterocycles. The van der Waals surface area contributed by atoms with Crippen LogP contribution in [0.5, 0.6) is 0 Å². The van der Waals surface area contributed by atoms with Crippen molar-refractivity contribution in [2.24, 2.45) is 0 Å². The number of rotatable bonds is 5. The van der Waals surface area contributed by atoms with E-state index < -0.39 is 18.1 Å². The molecule has 0 aromatic heterocycles. The molecule has 0 heterocycles. The number of aliphatic carboxylic acids is 1. The van der Waals surface area contributed by atoms with Crippen LogP contribution < -0.4 is 10.6 Å². The number of carbonyl (C=O) groups is 2. The number of nitrogens with one attached hydrogen (secondary N) is 2. The van der Waals surface area contributed by atoms with Gasteiger partial charge in [-0.3, -0.25) is 9.59 Å². The zero-order valence-corrected chi connectivity index (χ0v) is 11.0. The van der Waals surface area contributed by atoms with Gasteiger partial charge in [0.15, 0.2) is 0 Å². The predicted octanol–water partition coefficient (Wildman–Crippen LogP) is 0.262. The van der Waals surface area contributed by atoms with Crippen LogP contribution in [0, 0.1) is 0 Å². The van der Waals surface area contributed by atoms with Crippen molar-refractivity contribution in [3.63, 3.8) is 0 Å². The second-order valence-corrected chi connectivity index (χ2v) is 5.06. The first-order valence-electron chi connectivity index (χ1n) is 5.09. The molecule has 0 aliphatic carbocycles. The van der Waals surface area contributed by atoms with Gasteiger partial charge in [0, 0.05) is 11.3 Å². The van der Waals surface area contributed by atoms with Crippen LogP contribution in [0.1, 0.15) is 27.7 Å². The van der Waals surface area contributed by atoms with E-state index in [2.05, 4.69) is 23.3 Å². The van der Waals surface area contributed by atoms with E-state index in [4.69, 9.17) is 5.11 Å². The van der Waals surface area contributed by atoms with Crippen LogP contribution in [-0.4, -0.2) is 40.4 Å². The Hall–Kier alpha value is -0.750. The molecule has 0 saturated carbocycles. The van der Waals surface area contributed by atoms with E-state index in [1.54, 1.807) is 0 Å². The second-order valence-electron chi connectivity index (χ2n) is 4.70. The van der Waals surface area contributed by atoms with Crippen molar-refractivity contribution < 1.29 is 14.7 Å². The molecular weight excluding hydrogens is 228 g/mol. The van der Waals surface area contributed by atoms with Gasteiger partial charge in [-0.15, -0.1) is 0 Å². The maximum Gasteiger partial charge on any atom is 0.325 e. The molecule has 0 fully saturated rings. The average molecular weight is 248 g/mol. The second kappa shape index (κ2) is 6.10. The number of amides is 1. The highest BCUT2D eigenvalue weighted by Gasteiger charge is 2.24. The fourth-order valence-electron chi connectivity index (χ4n) is 1.09. The Morgan fingerprint density at radius 2 is 1.88 bits per heavy atom. The molecular formula is C10H20N2O3S. The van der Waals surface area contributed by atoms with Gasteiger partial charge in [0.05, 0.1) is 6.04 Å². The molecule has 0 aromatic carbocycles. The van der Waals surface area contributed by atoms with E-state index in [9.17, 15) is 9.59 Å². The van der Waals surface area contributed by atoms with Crippen molar-refractivity contribution in [2.45, 2.75) is 45.3 Å². The Labute approximate surface area is 101 Å². The summed E-state index contributed by atoms with van der Waals surface area (Å²) in [4.78, 5) is 22.3. The summed E-state index contributed by atoms with van der Waals surface area (Å²) in [6.45, 7) is 7.21. The van der Waals surface area contributed by atoms with E-state index >= 15 is 0 Å². The number of thiol groups is 1. The molecule has 0 aliphatic heterocycles. The molecule has 1 amide bonds. The van der Waals surface area contributed by atoms with Crippen molar-refractivity contribution in [1.82, 2.24) is 10.6 Å². The minimum Gasteiger partial charge on any atom is -0.480 e. The first kappa shape index (κ1) is 15.2. The van der Waals surface area contributed by atoms with Gasteiger partial charge in [-0.1, -0.05) is 0 Å². The van der Waals surface area contributed by atoms with Gasteiger partial charge in [0.2, 0.25) is 5.91 Å². The summed E-state index contributed by atoms with van der Waals surface area (Å²) in [6, 6.07) is -1.39. The minimum atomic E-state index is -1.05. The van der Waals surface area contributed by atoms with Crippen molar-refractivity contribution in [3.05, 3.63) is 0 Å². The number of carboxylic acids is 1. The number of carbonyl (C=O) groups excluding carboxylic acids is 1. The molecule has 0 rings (SSSR count). The van der Waals surface area contributed by atoms with Crippen molar-refractivity contribution in [1.29, 1.82) is 0 Å². The summed E-state index contributed by atoms with van der Waals surface area (Å²) in [5, 5.41) is 14.1. The van der Waals surface area contributed by atoms with Crippen LogP contribution in [0.2, 0.25) is 0 Å². The average Bonchev–Trinajstić information content (AvgIpc) is 2.12. The molecule has 0 spiro atoms. The van der Waals surface area contributed by atoms with E-state index in [0.717, 1.165) is 0 Å². The maximum atomic E-state index is 11.7. The van der Waals surface area contributed by atoms with Gasteiger partial charge in [-0.2, -0.15) is 12.6 Å². The van der Waals surface area contributed by atoms with Crippen LogP contribution in [0.25, 0.3) is 0 Å². The zero-order valence-electron chi connectivity index (χ0n) is 10.1. The Morgan fingerprint density at radius 1 is 1.38 bits per heavy atom. The Balaban J connectivity index is 4.38. The van der Waals surface area contributed by atoms with E-state index in [1.807, 2.05) is 20.8 Å².